The number of hydrogen-bond donors (Lipinski definition) is 4. The first-order chi connectivity index (χ1) is 31.7. The van der Waals surface area contributed by atoms with Gasteiger partial charge in [-0.3, -0.25) is 24.0 Å². The number of aromatic nitrogens is 2. The van der Waals surface area contributed by atoms with Crippen molar-refractivity contribution in [3.8, 4) is 0 Å². The topological polar surface area (TPSA) is 200 Å². The Morgan fingerprint density at radius 1 is 0.667 bits per heavy atom. The highest BCUT2D eigenvalue weighted by molar-refractivity contribution is 5.97. The lowest BCUT2D eigenvalue weighted by molar-refractivity contribution is -0.153. The Morgan fingerprint density at radius 3 is 1.61 bits per heavy atom. The van der Waals surface area contributed by atoms with Gasteiger partial charge in [-0.1, -0.05) is 119 Å². The minimum Gasteiger partial charge on any atom is -0.480 e. The molecule has 4 heterocycles. The summed E-state index contributed by atoms with van der Waals surface area (Å²) in [5.74, 6) is -3.59. The molecule has 4 aromatic rings. The van der Waals surface area contributed by atoms with Crippen molar-refractivity contribution < 1.29 is 33.9 Å². The first kappa shape index (κ1) is 47.6. The highest BCUT2D eigenvalue weighted by atomic mass is 16.4. The summed E-state index contributed by atoms with van der Waals surface area (Å²) < 4.78 is 2.03. The zero-order valence-corrected chi connectivity index (χ0v) is 38.4. The highest BCUT2D eigenvalue weighted by Crippen LogP contribution is 2.41. The molecule has 3 aliphatic heterocycles. The number of amides is 5. The summed E-state index contributed by atoms with van der Waals surface area (Å²) in [7, 11) is 0. The second kappa shape index (κ2) is 20.9. The van der Waals surface area contributed by atoms with E-state index >= 15 is 0 Å². The van der Waals surface area contributed by atoms with Crippen LogP contribution in [0.25, 0.3) is 0 Å². The predicted octanol–water partition coefficient (Wildman–Crippen LogP) is 4.32. The van der Waals surface area contributed by atoms with E-state index in [1.165, 1.54) is 14.7 Å². The van der Waals surface area contributed by atoms with Crippen molar-refractivity contribution in [2.45, 2.75) is 121 Å². The van der Waals surface area contributed by atoms with E-state index in [2.05, 4.69) is 47.0 Å². The Hall–Kier alpha value is -6.35. The molecule has 0 radical (unpaired) electrons. The number of aliphatic carboxylic acids is 1. The van der Waals surface area contributed by atoms with Crippen LogP contribution in [0.1, 0.15) is 95.0 Å². The van der Waals surface area contributed by atoms with Crippen molar-refractivity contribution in [3.63, 3.8) is 0 Å². The van der Waals surface area contributed by atoms with Crippen LogP contribution in [0.3, 0.4) is 0 Å². The van der Waals surface area contributed by atoms with Crippen LogP contribution >= 0.6 is 0 Å². The number of likely N-dealkylation sites (tertiary alicyclic amines) is 3. The SMILES string of the molecule is CC(C)C[C@H](NC(=O)[C@H](Cc1cn(C(c2ccccc2)(c2ccccc2)c2ccccc2)cn1)NC(=O)[C@@H](N)C(C)C)C(=O)N1CCC[C@H]1C(=O)N1CCC[C@H]1C(=O)N1CCC[C@H]1C(=O)O. The Bertz CT molecular complexity index is 2240. The molecule has 15 nitrogen and oxygen atoms in total. The van der Waals surface area contributed by atoms with Gasteiger partial charge in [-0.15, -0.1) is 0 Å². The molecule has 0 unspecified atom stereocenters. The summed E-state index contributed by atoms with van der Waals surface area (Å²) >= 11 is 0. The molecule has 3 saturated heterocycles. The Labute approximate surface area is 387 Å². The van der Waals surface area contributed by atoms with E-state index in [1.807, 2.05) is 93.1 Å². The molecule has 5 N–H and O–H groups in total. The van der Waals surface area contributed by atoms with E-state index in [4.69, 9.17) is 10.7 Å². The Morgan fingerprint density at radius 2 is 1.12 bits per heavy atom. The predicted molar refractivity (Wildman–Crippen MR) is 249 cm³/mol. The van der Waals surface area contributed by atoms with Crippen LogP contribution in [0.15, 0.2) is 104 Å². The van der Waals surface area contributed by atoms with Crippen molar-refractivity contribution in [3.05, 3.63) is 126 Å². The van der Waals surface area contributed by atoms with Crippen molar-refractivity contribution in [2.24, 2.45) is 17.6 Å². The van der Waals surface area contributed by atoms with Gasteiger partial charge >= 0.3 is 5.97 Å². The summed E-state index contributed by atoms with van der Waals surface area (Å²) in [6.07, 6.45) is 6.73. The van der Waals surface area contributed by atoms with Crippen LogP contribution in [0, 0.1) is 11.8 Å². The molecule has 0 saturated carbocycles. The third-order valence-corrected chi connectivity index (χ3v) is 13.4. The van der Waals surface area contributed by atoms with Crippen LogP contribution in [-0.4, -0.2) is 121 Å². The minimum absolute atomic E-state index is 0.0264. The van der Waals surface area contributed by atoms with Gasteiger partial charge in [0.05, 0.1) is 18.1 Å². The molecule has 0 aliphatic carbocycles. The number of rotatable bonds is 17. The number of carbonyl (C=O) groups excluding carboxylic acids is 5. The maximum Gasteiger partial charge on any atom is 0.326 e. The van der Waals surface area contributed by atoms with E-state index in [1.54, 1.807) is 6.33 Å². The summed E-state index contributed by atoms with van der Waals surface area (Å²) in [5.41, 5.74) is 8.91. The van der Waals surface area contributed by atoms with Gasteiger partial charge in [-0.25, -0.2) is 9.78 Å². The number of carbonyl (C=O) groups is 6. The fourth-order valence-electron chi connectivity index (χ4n) is 10.0. The van der Waals surface area contributed by atoms with E-state index < -0.39 is 65.5 Å². The number of carboxylic acid groups (broad SMARTS) is 1. The standard InChI is InChI=1S/C51H64N8O7/c1-33(2)29-40(47(62)57-26-14-23-41(57)48(63)58-27-15-24-42(58)49(64)59-28-16-25-43(59)50(65)66)55-45(60)39(54-46(61)44(52)34(3)4)30-38-31-56(32-53-38)51(35-17-8-5-9-18-35,36-19-10-6-11-20-36)37-21-12-7-13-22-37/h5-13,17-22,31-34,39-44H,14-16,23-30,52H2,1-4H3,(H,54,61)(H,55,60)(H,65,66)/t39-,40-,41-,42-,43-,44-/m0/s1. The first-order valence-electron chi connectivity index (χ1n) is 23.4. The van der Waals surface area contributed by atoms with Crippen LogP contribution < -0.4 is 16.4 Å². The van der Waals surface area contributed by atoms with Crippen LogP contribution in [-0.2, 0) is 40.7 Å². The number of benzene rings is 3. The fourth-order valence-corrected chi connectivity index (χ4v) is 10.0. The van der Waals surface area contributed by atoms with Crippen LogP contribution in [0.4, 0.5) is 0 Å². The number of nitrogens with two attached hydrogens (primary N) is 1. The molecule has 3 aromatic carbocycles. The lowest BCUT2D eigenvalue weighted by Crippen LogP contribution is -2.59. The Balaban J connectivity index is 1.16. The number of nitrogens with zero attached hydrogens (tertiary/aromatic N) is 5. The molecule has 66 heavy (non-hydrogen) atoms. The normalized spacial score (nSPS) is 20.0. The maximum atomic E-state index is 14.7. The monoisotopic (exact) mass is 900 g/mol. The maximum absolute atomic E-state index is 14.7. The van der Waals surface area contributed by atoms with Crippen LogP contribution in [0.5, 0.6) is 0 Å². The van der Waals surface area contributed by atoms with Crippen molar-refractivity contribution >= 4 is 35.5 Å². The summed E-state index contributed by atoms with van der Waals surface area (Å²) in [4.78, 5) is 92.3. The highest BCUT2D eigenvalue weighted by Gasteiger charge is 2.47. The van der Waals surface area contributed by atoms with Gasteiger partial charge in [0.15, 0.2) is 0 Å². The molecule has 1 aromatic heterocycles. The molecule has 3 fully saturated rings. The molecular weight excluding hydrogens is 837 g/mol. The lowest BCUT2D eigenvalue weighted by atomic mass is 9.77. The fraction of sp³-hybridized carbons (Fsp3) is 0.471. The van der Waals surface area contributed by atoms with Crippen molar-refractivity contribution in [1.29, 1.82) is 0 Å². The zero-order chi connectivity index (χ0) is 47.1. The van der Waals surface area contributed by atoms with Gasteiger partial charge in [0.2, 0.25) is 29.5 Å². The largest absolute Gasteiger partial charge is 0.480 e. The summed E-state index contributed by atoms with van der Waals surface area (Å²) in [6, 6.07) is 24.6. The number of imidazole rings is 1. The quantitative estimate of drug-likeness (QED) is 0.112. The third-order valence-electron chi connectivity index (χ3n) is 13.4. The van der Waals surface area contributed by atoms with Gasteiger partial charge in [0.1, 0.15) is 35.7 Å². The third kappa shape index (κ3) is 9.91. The molecule has 3 aliphatic rings. The second-order valence-corrected chi connectivity index (χ2v) is 18.7. The molecule has 5 amide bonds. The zero-order valence-electron chi connectivity index (χ0n) is 38.4. The smallest absolute Gasteiger partial charge is 0.326 e. The number of hydrogen-bond acceptors (Lipinski definition) is 8. The van der Waals surface area contributed by atoms with Crippen molar-refractivity contribution in [2.75, 3.05) is 19.6 Å². The molecule has 15 heteroatoms. The second-order valence-electron chi connectivity index (χ2n) is 18.7. The Kier molecular flexibility index (Phi) is 15.1. The number of nitrogens with one attached hydrogen (secondary N) is 2. The van der Waals surface area contributed by atoms with Gasteiger partial charge in [-0.2, -0.15) is 0 Å². The average molecular weight is 901 g/mol. The molecule has 350 valence electrons. The molecule has 6 atom stereocenters. The van der Waals surface area contributed by atoms with Gasteiger partial charge < -0.3 is 40.7 Å². The molecular formula is C51H64N8O7. The van der Waals surface area contributed by atoms with Crippen molar-refractivity contribution in [1.82, 2.24) is 34.9 Å². The average Bonchev–Trinajstić information content (AvgIpc) is 4.17. The minimum atomic E-state index is -1.18. The molecule has 0 spiro atoms. The van der Waals surface area contributed by atoms with Crippen LogP contribution in [0.2, 0.25) is 0 Å². The summed E-state index contributed by atoms with van der Waals surface area (Å²) in [5, 5.41) is 15.6. The summed E-state index contributed by atoms with van der Waals surface area (Å²) in [6.45, 7) is 8.45. The molecule has 0 bridgehead atoms. The van der Waals surface area contributed by atoms with E-state index in [0.29, 0.717) is 57.3 Å². The van der Waals surface area contributed by atoms with Gasteiger partial charge in [0.25, 0.3) is 0 Å². The van der Waals surface area contributed by atoms with E-state index in [9.17, 15) is 33.9 Å². The van der Waals surface area contributed by atoms with E-state index in [-0.39, 0.29) is 43.0 Å². The van der Waals surface area contributed by atoms with E-state index in [0.717, 1.165) is 16.7 Å². The van der Waals surface area contributed by atoms with Gasteiger partial charge in [0, 0.05) is 32.3 Å². The molecule has 7 rings (SSSR count). The number of carboxylic acids is 1. The lowest BCUT2D eigenvalue weighted by Gasteiger charge is -2.37. The van der Waals surface area contributed by atoms with Gasteiger partial charge in [-0.05, 0) is 73.5 Å². The first-order valence-corrected chi connectivity index (χ1v) is 23.4.